The molecule has 3 rings (SSSR count). The van der Waals surface area contributed by atoms with Crippen LogP contribution in [0, 0.1) is 11.3 Å². The summed E-state index contributed by atoms with van der Waals surface area (Å²) in [5, 5.41) is 22.0. The lowest BCUT2D eigenvalue weighted by atomic mass is 10.2. The fourth-order valence-corrected chi connectivity index (χ4v) is 3.97. The van der Waals surface area contributed by atoms with Crippen molar-refractivity contribution in [1.29, 1.82) is 5.26 Å². The molecule has 0 spiro atoms. The van der Waals surface area contributed by atoms with Crippen molar-refractivity contribution in [3.05, 3.63) is 28.2 Å². The fraction of sp³-hybridized carbons (Fsp3) is 0.385. The first-order valence-corrected chi connectivity index (χ1v) is 8.05. The largest absolute Gasteiger partial charge is 0.217 e. The highest BCUT2D eigenvalue weighted by Gasteiger charge is 2.22. The van der Waals surface area contributed by atoms with Crippen molar-refractivity contribution in [3.63, 3.8) is 0 Å². The van der Waals surface area contributed by atoms with E-state index in [0.29, 0.717) is 11.6 Å². The van der Waals surface area contributed by atoms with Crippen molar-refractivity contribution in [3.8, 4) is 6.07 Å². The van der Waals surface area contributed by atoms with Gasteiger partial charge in [-0.3, -0.25) is 0 Å². The highest BCUT2D eigenvalue weighted by Crippen LogP contribution is 2.36. The second kappa shape index (κ2) is 5.94. The third-order valence-electron chi connectivity index (χ3n) is 3.42. The van der Waals surface area contributed by atoms with Crippen molar-refractivity contribution in [2.24, 2.45) is 0 Å². The Kier molecular flexibility index (Phi) is 4.03. The molecule has 2 aromatic rings. The summed E-state index contributed by atoms with van der Waals surface area (Å²) in [7, 11) is 0. The number of halogens is 1. The van der Waals surface area contributed by atoms with Gasteiger partial charge in [-0.25, -0.2) is 4.68 Å². The quantitative estimate of drug-likeness (QED) is 0.847. The molecule has 1 aromatic heterocycles. The second-order valence-corrected chi connectivity index (χ2v) is 6.53. The number of nitrogens with zero attached hydrogens (tertiary/aromatic N) is 5. The minimum atomic E-state index is 0.394. The molecule has 0 bridgehead atoms. The van der Waals surface area contributed by atoms with Gasteiger partial charge in [-0.15, -0.1) is 5.10 Å². The van der Waals surface area contributed by atoms with Gasteiger partial charge < -0.3 is 0 Å². The number of tetrazole rings is 1. The van der Waals surface area contributed by atoms with Crippen LogP contribution in [0.25, 0.3) is 0 Å². The van der Waals surface area contributed by atoms with Crippen LogP contribution in [-0.4, -0.2) is 20.2 Å². The molecule has 1 heterocycles. The topological polar surface area (TPSA) is 67.4 Å². The predicted molar refractivity (Wildman–Crippen MR) is 78.3 cm³/mol. The molecule has 1 aliphatic rings. The molecule has 7 heteroatoms. The van der Waals surface area contributed by atoms with E-state index in [1.807, 2.05) is 22.9 Å². The standard InChI is InChI=1S/C13H12BrN5S/c14-11-6-3-7-12(10(11)8-15)20-13-16-17-18-19(13)9-4-1-2-5-9/h3,6-7,9H,1-2,4-5H2. The Balaban J connectivity index is 1.91. The molecule has 1 aromatic carbocycles. The van der Waals surface area contributed by atoms with E-state index in [0.717, 1.165) is 27.4 Å². The van der Waals surface area contributed by atoms with Crippen LogP contribution in [0.15, 0.2) is 32.7 Å². The van der Waals surface area contributed by atoms with Gasteiger partial charge in [0.05, 0.1) is 11.6 Å². The van der Waals surface area contributed by atoms with E-state index in [2.05, 4.69) is 37.5 Å². The van der Waals surface area contributed by atoms with Gasteiger partial charge in [0, 0.05) is 9.37 Å². The van der Waals surface area contributed by atoms with Crippen molar-refractivity contribution < 1.29 is 0 Å². The van der Waals surface area contributed by atoms with E-state index >= 15 is 0 Å². The number of nitriles is 1. The predicted octanol–water partition coefficient (Wildman–Crippen LogP) is 3.57. The van der Waals surface area contributed by atoms with Crippen LogP contribution >= 0.6 is 27.7 Å². The van der Waals surface area contributed by atoms with E-state index in [-0.39, 0.29) is 0 Å². The molecular weight excluding hydrogens is 338 g/mol. The molecule has 0 atom stereocenters. The van der Waals surface area contributed by atoms with Gasteiger partial charge in [-0.1, -0.05) is 18.9 Å². The maximum Gasteiger partial charge on any atom is 0.214 e. The molecule has 5 nitrogen and oxygen atoms in total. The van der Waals surface area contributed by atoms with Crippen LogP contribution in [0.4, 0.5) is 0 Å². The summed E-state index contributed by atoms with van der Waals surface area (Å²) < 4.78 is 2.70. The van der Waals surface area contributed by atoms with E-state index in [9.17, 15) is 5.26 Å². The molecule has 1 fully saturated rings. The zero-order valence-electron chi connectivity index (χ0n) is 10.7. The second-order valence-electron chi connectivity index (χ2n) is 4.67. The molecule has 0 N–H and O–H groups in total. The lowest BCUT2D eigenvalue weighted by Crippen LogP contribution is -2.08. The number of aromatic nitrogens is 4. The number of hydrogen-bond donors (Lipinski definition) is 0. The van der Waals surface area contributed by atoms with E-state index in [1.54, 1.807) is 0 Å². The highest BCUT2D eigenvalue weighted by atomic mass is 79.9. The molecule has 1 aliphatic carbocycles. The van der Waals surface area contributed by atoms with Gasteiger partial charge >= 0.3 is 0 Å². The molecule has 0 saturated heterocycles. The van der Waals surface area contributed by atoms with E-state index in [4.69, 9.17) is 0 Å². The SMILES string of the molecule is N#Cc1c(Br)cccc1Sc1nnnn1C1CCCC1. The Morgan fingerprint density at radius 3 is 2.90 bits per heavy atom. The molecule has 102 valence electrons. The van der Waals surface area contributed by atoms with Crippen LogP contribution in [-0.2, 0) is 0 Å². The Bertz CT molecular complexity index is 657. The summed E-state index contributed by atoms with van der Waals surface area (Å²) in [4.78, 5) is 0.871. The Hall–Kier alpha value is -1.39. The Labute approximate surface area is 129 Å². The highest BCUT2D eigenvalue weighted by molar-refractivity contribution is 9.10. The zero-order valence-corrected chi connectivity index (χ0v) is 13.1. The first kappa shape index (κ1) is 13.6. The van der Waals surface area contributed by atoms with Crippen LogP contribution in [0.1, 0.15) is 37.3 Å². The normalized spacial score (nSPS) is 15.4. The summed E-state index contributed by atoms with van der Waals surface area (Å²) in [5.74, 6) is 0. The van der Waals surface area contributed by atoms with E-state index in [1.165, 1.54) is 24.6 Å². The molecule has 0 radical (unpaired) electrons. The Morgan fingerprint density at radius 1 is 1.35 bits per heavy atom. The monoisotopic (exact) mass is 349 g/mol. The Morgan fingerprint density at radius 2 is 2.15 bits per heavy atom. The van der Waals surface area contributed by atoms with Crippen LogP contribution in [0.5, 0.6) is 0 Å². The van der Waals surface area contributed by atoms with E-state index < -0.39 is 0 Å². The molecule has 20 heavy (non-hydrogen) atoms. The minimum absolute atomic E-state index is 0.394. The van der Waals surface area contributed by atoms with Gasteiger partial charge in [-0.2, -0.15) is 5.26 Å². The summed E-state index contributed by atoms with van der Waals surface area (Å²) >= 11 is 4.85. The number of hydrogen-bond acceptors (Lipinski definition) is 5. The average molecular weight is 350 g/mol. The molecule has 1 saturated carbocycles. The number of rotatable bonds is 3. The lowest BCUT2D eigenvalue weighted by Gasteiger charge is -2.11. The third kappa shape index (κ3) is 2.58. The minimum Gasteiger partial charge on any atom is -0.217 e. The van der Waals surface area contributed by atoms with Crippen molar-refractivity contribution in [2.75, 3.05) is 0 Å². The summed E-state index contributed by atoms with van der Waals surface area (Å²) in [6.45, 7) is 0. The summed E-state index contributed by atoms with van der Waals surface area (Å²) in [6, 6.07) is 8.31. The van der Waals surface area contributed by atoms with Crippen molar-refractivity contribution >= 4 is 27.7 Å². The maximum absolute atomic E-state index is 9.26. The smallest absolute Gasteiger partial charge is 0.214 e. The lowest BCUT2D eigenvalue weighted by molar-refractivity contribution is 0.423. The van der Waals surface area contributed by atoms with Gasteiger partial charge in [0.1, 0.15) is 6.07 Å². The van der Waals surface area contributed by atoms with Gasteiger partial charge in [0.15, 0.2) is 0 Å². The van der Waals surface area contributed by atoms with Gasteiger partial charge in [0.25, 0.3) is 0 Å². The first-order chi connectivity index (χ1) is 9.79. The third-order valence-corrected chi connectivity index (χ3v) is 5.09. The molecule has 0 aliphatic heterocycles. The van der Waals surface area contributed by atoms with Crippen LogP contribution in [0.3, 0.4) is 0 Å². The maximum atomic E-state index is 9.26. The first-order valence-electron chi connectivity index (χ1n) is 6.44. The fourth-order valence-electron chi connectivity index (χ4n) is 2.43. The van der Waals surface area contributed by atoms with Gasteiger partial charge in [0.2, 0.25) is 5.16 Å². The van der Waals surface area contributed by atoms with Crippen molar-refractivity contribution in [1.82, 2.24) is 20.2 Å². The van der Waals surface area contributed by atoms with Gasteiger partial charge in [-0.05, 0) is 63.1 Å². The summed E-state index contributed by atoms with van der Waals surface area (Å²) in [6.07, 6.45) is 4.72. The summed E-state index contributed by atoms with van der Waals surface area (Å²) in [5.41, 5.74) is 0.624. The molecular formula is C13H12BrN5S. The van der Waals surface area contributed by atoms with Crippen LogP contribution in [0.2, 0.25) is 0 Å². The van der Waals surface area contributed by atoms with Crippen LogP contribution < -0.4 is 0 Å². The molecule has 0 amide bonds. The molecule has 0 unspecified atom stereocenters. The number of benzene rings is 1. The zero-order chi connectivity index (χ0) is 13.9. The van der Waals surface area contributed by atoms with Crippen molar-refractivity contribution in [2.45, 2.75) is 41.8 Å². The average Bonchev–Trinajstić information content (AvgIpc) is 3.09.